The quantitative estimate of drug-likeness (QED) is 0.505. The van der Waals surface area contributed by atoms with Crippen LogP contribution in [0.2, 0.25) is 0 Å². The molecule has 3 aromatic rings. The van der Waals surface area contributed by atoms with Crippen LogP contribution in [0.4, 0.5) is 0 Å². The number of benzene rings is 2. The summed E-state index contributed by atoms with van der Waals surface area (Å²) in [6.45, 7) is 0. The summed E-state index contributed by atoms with van der Waals surface area (Å²) in [4.78, 5) is 36.3. The molecule has 0 spiro atoms. The fraction of sp³-hybridized carbons (Fsp3) is 0.0952. The monoisotopic (exact) mass is 378 g/mol. The molecule has 27 heavy (non-hydrogen) atoms. The van der Waals surface area contributed by atoms with Gasteiger partial charge in [-0.2, -0.15) is 0 Å². The van der Waals surface area contributed by atoms with Crippen molar-refractivity contribution in [2.75, 3.05) is 0 Å². The van der Waals surface area contributed by atoms with E-state index in [2.05, 4.69) is 10.9 Å². The first-order valence-corrected chi connectivity index (χ1v) is 9.33. The highest BCUT2D eigenvalue weighted by Crippen LogP contribution is 2.19. The summed E-state index contributed by atoms with van der Waals surface area (Å²) in [5.74, 6) is -0.898. The zero-order chi connectivity index (χ0) is 19.1. The summed E-state index contributed by atoms with van der Waals surface area (Å²) in [6.07, 6.45) is 0.0787. The van der Waals surface area contributed by atoms with Crippen molar-refractivity contribution in [3.8, 4) is 11.1 Å². The number of carbonyl (C=O) groups excluding carboxylic acids is 3. The number of nitrogens with one attached hydrogen (secondary N) is 2. The molecule has 5 nitrogen and oxygen atoms in total. The van der Waals surface area contributed by atoms with Gasteiger partial charge in [-0.25, -0.2) is 0 Å². The Morgan fingerprint density at radius 3 is 2.11 bits per heavy atom. The standard InChI is InChI=1S/C21H18N2O3S/c24-18(12-13-20(25)22-23-21(26)19-7-4-14-27-19)17-10-8-16(9-11-17)15-5-2-1-3-6-15/h1-11,14H,12-13H2,(H,22,25)(H,23,26). The third-order valence-corrected chi connectivity index (χ3v) is 4.82. The van der Waals surface area contributed by atoms with E-state index in [0.29, 0.717) is 10.4 Å². The molecular weight excluding hydrogens is 360 g/mol. The second-order valence-corrected chi connectivity index (χ2v) is 6.79. The van der Waals surface area contributed by atoms with Crippen molar-refractivity contribution < 1.29 is 14.4 Å². The number of Topliss-reactive ketones (excluding diaryl/α,β-unsaturated/α-hetero) is 1. The van der Waals surface area contributed by atoms with E-state index in [1.807, 2.05) is 42.5 Å². The molecule has 0 aliphatic carbocycles. The third-order valence-electron chi connectivity index (χ3n) is 3.95. The maximum absolute atomic E-state index is 12.3. The predicted molar refractivity (Wildman–Crippen MR) is 105 cm³/mol. The highest BCUT2D eigenvalue weighted by molar-refractivity contribution is 7.12. The molecule has 1 aromatic heterocycles. The molecule has 0 unspecified atom stereocenters. The van der Waals surface area contributed by atoms with E-state index < -0.39 is 5.91 Å². The fourth-order valence-electron chi connectivity index (χ4n) is 2.51. The summed E-state index contributed by atoms with van der Waals surface area (Å²) in [5, 5.41) is 1.78. The van der Waals surface area contributed by atoms with Crippen LogP contribution in [0.1, 0.15) is 32.9 Å². The van der Waals surface area contributed by atoms with Crippen LogP contribution >= 0.6 is 11.3 Å². The molecule has 3 rings (SSSR count). The summed E-state index contributed by atoms with van der Waals surface area (Å²) in [7, 11) is 0. The Kier molecular flexibility index (Phi) is 6.12. The Bertz CT molecular complexity index is 920. The van der Waals surface area contributed by atoms with E-state index in [1.165, 1.54) is 11.3 Å². The van der Waals surface area contributed by atoms with Gasteiger partial charge in [0.15, 0.2) is 5.78 Å². The topological polar surface area (TPSA) is 75.3 Å². The van der Waals surface area contributed by atoms with E-state index in [1.54, 1.807) is 29.6 Å². The largest absolute Gasteiger partial charge is 0.294 e. The Morgan fingerprint density at radius 2 is 1.44 bits per heavy atom. The molecule has 1 heterocycles. The molecule has 0 atom stereocenters. The zero-order valence-corrected chi connectivity index (χ0v) is 15.3. The van der Waals surface area contributed by atoms with Gasteiger partial charge in [0.05, 0.1) is 4.88 Å². The van der Waals surface area contributed by atoms with Gasteiger partial charge in [-0.1, -0.05) is 60.7 Å². The molecule has 2 N–H and O–H groups in total. The van der Waals surface area contributed by atoms with Crippen LogP contribution in [0.3, 0.4) is 0 Å². The van der Waals surface area contributed by atoms with Crippen molar-refractivity contribution in [3.05, 3.63) is 82.6 Å². The van der Waals surface area contributed by atoms with Gasteiger partial charge in [-0.3, -0.25) is 25.2 Å². The van der Waals surface area contributed by atoms with Crippen LogP contribution in [-0.2, 0) is 4.79 Å². The molecule has 0 saturated carbocycles. The lowest BCUT2D eigenvalue weighted by molar-refractivity contribution is -0.121. The Balaban J connectivity index is 1.47. The van der Waals surface area contributed by atoms with Gasteiger partial charge in [0.25, 0.3) is 5.91 Å². The van der Waals surface area contributed by atoms with Crippen molar-refractivity contribution in [1.29, 1.82) is 0 Å². The Morgan fingerprint density at radius 1 is 0.741 bits per heavy atom. The van der Waals surface area contributed by atoms with Crippen molar-refractivity contribution in [3.63, 3.8) is 0 Å². The van der Waals surface area contributed by atoms with Crippen LogP contribution < -0.4 is 10.9 Å². The van der Waals surface area contributed by atoms with E-state index in [-0.39, 0.29) is 24.5 Å². The van der Waals surface area contributed by atoms with Gasteiger partial charge >= 0.3 is 0 Å². The molecule has 0 fully saturated rings. The molecule has 0 aliphatic heterocycles. The molecule has 0 bridgehead atoms. The van der Waals surface area contributed by atoms with Gasteiger partial charge in [0.1, 0.15) is 0 Å². The lowest BCUT2D eigenvalue weighted by atomic mass is 10.0. The number of rotatable bonds is 6. The van der Waals surface area contributed by atoms with Gasteiger partial charge in [-0.15, -0.1) is 11.3 Å². The van der Waals surface area contributed by atoms with E-state index in [0.717, 1.165) is 11.1 Å². The van der Waals surface area contributed by atoms with Crippen LogP contribution in [-0.4, -0.2) is 17.6 Å². The second kappa shape index (κ2) is 8.91. The average molecular weight is 378 g/mol. The fourth-order valence-corrected chi connectivity index (χ4v) is 3.13. The van der Waals surface area contributed by atoms with Crippen molar-refractivity contribution in [2.24, 2.45) is 0 Å². The zero-order valence-electron chi connectivity index (χ0n) is 14.5. The molecular formula is C21H18N2O3S. The molecule has 0 saturated heterocycles. The number of hydrogen-bond acceptors (Lipinski definition) is 4. The van der Waals surface area contributed by atoms with Crippen molar-refractivity contribution in [1.82, 2.24) is 10.9 Å². The summed E-state index contributed by atoms with van der Waals surface area (Å²) in [5.41, 5.74) is 7.33. The third kappa shape index (κ3) is 5.12. The summed E-state index contributed by atoms with van der Waals surface area (Å²) >= 11 is 1.28. The minimum Gasteiger partial charge on any atom is -0.294 e. The highest BCUT2D eigenvalue weighted by atomic mass is 32.1. The molecule has 136 valence electrons. The lowest BCUT2D eigenvalue weighted by Gasteiger charge is -2.07. The van der Waals surface area contributed by atoms with Crippen molar-refractivity contribution >= 4 is 28.9 Å². The van der Waals surface area contributed by atoms with E-state index >= 15 is 0 Å². The first-order chi connectivity index (χ1) is 13.1. The Hall–Kier alpha value is -3.25. The average Bonchev–Trinajstić information content (AvgIpc) is 3.26. The van der Waals surface area contributed by atoms with Crippen LogP contribution in [0, 0.1) is 0 Å². The molecule has 0 aliphatic rings. The SMILES string of the molecule is O=C(CCC(=O)c1ccc(-c2ccccc2)cc1)NNC(=O)c1cccs1. The normalized spacial score (nSPS) is 10.2. The molecule has 2 amide bonds. The summed E-state index contributed by atoms with van der Waals surface area (Å²) < 4.78 is 0. The minimum absolute atomic E-state index is 0.00396. The maximum Gasteiger partial charge on any atom is 0.279 e. The number of ketones is 1. The van der Waals surface area contributed by atoms with Gasteiger partial charge in [0, 0.05) is 18.4 Å². The number of hydrogen-bond donors (Lipinski definition) is 2. The highest BCUT2D eigenvalue weighted by Gasteiger charge is 2.11. The smallest absolute Gasteiger partial charge is 0.279 e. The minimum atomic E-state index is -0.408. The Labute approximate surface area is 161 Å². The number of hydrazine groups is 1. The molecule has 0 radical (unpaired) electrons. The number of thiophene rings is 1. The van der Waals surface area contributed by atoms with Crippen LogP contribution in [0.25, 0.3) is 11.1 Å². The van der Waals surface area contributed by atoms with Gasteiger partial charge in [0.2, 0.25) is 5.91 Å². The molecule has 2 aromatic carbocycles. The first-order valence-electron chi connectivity index (χ1n) is 8.45. The van der Waals surface area contributed by atoms with E-state index in [9.17, 15) is 14.4 Å². The number of carbonyl (C=O) groups is 3. The van der Waals surface area contributed by atoms with Crippen molar-refractivity contribution in [2.45, 2.75) is 12.8 Å². The maximum atomic E-state index is 12.3. The van der Waals surface area contributed by atoms with Gasteiger partial charge in [-0.05, 0) is 22.6 Å². The first kappa shape index (κ1) is 18.5. The van der Waals surface area contributed by atoms with Gasteiger partial charge < -0.3 is 0 Å². The second-order valence-electron chi connectivity index (χ2n) is 5.85. The lowest BCUT2D eigenvalue weighted by Crippen LogP contribution is -2.41. The molecule has 6 heteroatoms. The summed E-state index contributed by atoms with van der Waals surface area (Å²) in [6, 6.07) is 20.6. The van der Waals surface area contributed by atoms with E-state index in [4.69, 9.17) is 0 Å². The predicted octanol–water partition coefficient (Wildman–Crippen LogP) is 3.84. The number of amides is 2. The van der Waals surface area contributed by atoms with Crippen LogP contribution in [0.5, 0.6) is 0 Å². The van der Waals surface area contributed by atoms with Crippen LogP contribution in [0.15, 0.2) is 72.1 Å².